The Kier molecular flexibility index (Phi) is 6.60. The molecule has 1 aliphatic heterocycles. The first kappa shape index (κ1) is 21.4. The van der Waals surface area contributed by atoms with Crippen LogP contribution in [0, 0.1) is 0 Å². The number of hydrogen-bond donors (Lipinski definition) is 2. The van der Waals surface area contributed by atoms with E-state index in [4.69, 9.17) is 11.6 Å². The van der Waals surface area contributed by atoms with Crippen LogP contribution in [0.3, 0.4) is 0 Å². The fourth-order valence-electron chi connectivity index (χ4n) is 2.53. The van der Waals surface area contributed by atoms with Gasteiger partial charge in [0.25, 0.3) is 0 Å². The molecule has 8 nitrogen and oxygen atoms in total. The number of nitrogens with one attached hydrogen (secondary N) is 2. The molecule has 26 heavy (non-hydrogen) atoms. The quantitative estimate of drug-likeness (QED) is 0.396. The molecule has 0 aliphatic carbocycles. The molecule has 0 saturated carbocycles. The van der Waals surface area contributed by atoms with E-state index in [1.54, 1.807) is 20.9 Å². The second kappa shape index (κ2) is 8.01. The molecule has 1 aliphatic rings. The van der Waals surface area contributed by atoms with Crippen LogP contribution in [0.2, 0.25) is 4.34 Å². The summed E-state index contributed by atoms with van der Waals surface area (Å²) in [6.45, 7) is 4.55. The summed E-state index contributed by atoms with van der Waals surface area (Å²) in [6.07, 6.45) is 0. The Morgan fingerprint density at radius 1 is 1.38 bits per heavy atom. The Bertz CT molecular complexity index is 878. The first-order valence-corrected chi connectivity index (χ1v) is 12.2. The van der Waals surface area contributed by atoms with Crippen molar-refractivity contribution >= 4 is 48.8 Å². The maximum absolute atomic E-state index is 12.1. The van der Waals surface area contributed by atoms with Crippen molar-refractivity contribution in [3.8, 4) is 0 Å². The molecule has 2 rings (SSSR count). The molecule has 0 unspecified atom stereocenters. The van der Waals surface area contributed by atoms with Gasteiger partial charge in [-0.25, -0.2) is 21.6 Å². The van der Waals surface area contributed by atoms with Gasteiger partial charge in [0.05, 0.1) is 14.8 Å². The number of thiophene rings is 1. The molecule has 12 heteroatoms. The molecule has 1 fully saturated rings. The maximum Gasteiger partial charge on any atom is 0.250 e. The van der Waals surface area contributed by atoms with Crippen LogP contribution < -0.4 is 10.0 Å². The molecule has 1 aromatic rings. The Labute approximate surface area is 163 Å². The Hall–Kier alpha value is -0.880. The summed E-state index contributed by atoms with van der Waals surface area (Å²) in [5, 5.41) is 3.07. The van der Waals surface area contributed by atoms with Crippen LogP contribution in [0.4, 0.5) is 0 Å². The van der Waals surface area contributed by atoms with Crippen LogP contribution in [0.1, 0.15) is 13.8 Å². The van der Waals surface area contributed by atoms with Gasteiger partial charge >= 0.3 is 0 Å². The van der Waals surface area contributed by atoms with E-state index >= 15 is 0 Å². The SMILES string of the molecule is CN=C(NCCNS(=O)(=O)c1ccc(Cl)s1)N1CCS(=O)(=O)C(C)(C)C1. The summed E-state index contributed by atoms with van der Waals surface area (Å²) in [5.74, 6) is 0.610. The summed E-state index contributed by atoms with van der Waals surface area (Å²) in [4.78, 5) is 6.03. The van der Waals surface area contributed by atoms with Gasteiger partial charge in [0, 0.05) is 33.2 Å². The van der Waals surface area contributed by atoms with E-state index in [1.165, 1.54) is 12.1 Å². The Morgan fingerprint density at radius 2 is 2.08 bits per heavy atom. The third-order valence-corrected chi connectivity index (χ3v) is 9.79. The van der Waals surface area contributed by atoms with E-state index in [1.807, 2.05) is 4.90 Å². The number of sulfone groups is 1. The highest BCUT2D eigenvalue weighted by atomic mass is 35.5. The van der Waals surface area contributed by atoms with Crippen LogP contribution in [-0.2, 0) is 19.9 Å². The number of sulfonamides is 1. The van der Waals surface area contributed by atoms with Crippen molar-refractivity contribution < 1.29 is 16.8 Å². The largest absolute Gasteiger partial charge is 0.355 e. The highest BCUT2D eigenvalue weighted by Gasteiger charge is 2.40. The number of hydrogen-bond acceptors (Lipinski definition) is 6. The molecule has 0 amide bonds. The van der Waals surface area contributed by atoms with Gasteiger partial charge in [-0.3, -0.25) is 4.99 Å². The van der Waals surface area contributed by atoms with Gasteiger partial charge in [-0.1, -0.05) is 11.6 Å². The van der Waals surface area contributed by atoms with Gasteiger partial charge < -0.3 is 10.2 Å². The lowest BCUT2D eigenvalue weighted by molar-refractivity contribution is 0.353. The molecule has 0 aromatic carbocycles. The first-order chi connectivity index (χ1) is 12.0. The lowest BCUT2D eigenvalue weighted by Crippen LogP contribution is -2.57. The molecule has 2 heterocycles. The van der Waals surface area contributed by atoms with Crippen molar-refractivity contribution in [2.24, 2.45) is 4.99 Å². The molecule has 0 bridgehead atoms. The molecule has 0 radical (unpaired) electrons. The molecule has 1 saturated heterocycles. The van der Waals surface area contributed by atoms with Crippen LogP contribution >= 0.6 is 22.9 Å². The van der Waals surface area contributed by atoms with Crippen molar-refractivity contribution in [3.63, 3.8) is 0 Å². The van der Waals surface area contributed by atoms with E-state index < -0.39 is 24.6 Å². The maximum atomic E-state index is 12.1. The summed E-state index contributed by atoms with van der Waals surface area (Å²) in [7, 11) is -5.12. The minimum Gasteiger partial charge on any atom is -0.355 e. The minimum absolute atomic E-state index is 0.0620. The lowest BCUT2D eigenvalue weighted by Gasteiger charge is -2.39. The zero-order valence-electron chi connectivity index (χ0n) is 14.8. The van der Waals surface area contributed by atoms with E-state index in [-0.39, 0.29) is 16.5 Å². The molecule has 148 valence electrons. The van der Waals surface area contributed by atoms with Gasteiger partial charge in [-0.15, -0.1) is 11.3 Å². The number of guanidine groups is 1. The minimum atomic E-state index is -3.59. The van der Waals surface area contributed by atoms with Crippen molar-refractivity contribution in [2.75, 3.05) is 39.0 Å². The molecule has 0 spiro atoms. The van der Waals surface area contributed by atoms with Gasteiger partial charge in [0.15, 0.2) is 15.8 Å². The second-order valence-corrected chi connectivity index (χ2v) is 12.9. The summed E-state index contributed by atoms with van der Waals surface area (Å²) in [5.41, 5.74) is 0. The molecular weight excluding hydrogens is 420 g/mol. The zero-order chi connectivity index (χ0) is 19.6. The number of halogens is 1. The second-order valence-electron chi connectivity index (χ2n) is 6.43. The van der Waals surface area contributed by atoms with E-state index in [0.29, 0.717) is 29.9 Å². The summed E-state index contributed by atoms with van der Waals surface area (Å²) < 4.78 is 50.6. The number of nitrogens with zero attached hydrogens (tertiary/aromatic N) is 2. The van der Waals surface area contributed by atoms with Crippen molar-refractivity contribution in [1.82, 2.24) is 14.9 Å². The smallest absolute Gasteiger partial charge is 0.250 e. The molecule has 1 aromatic heterocycles. The average molecular weight is 443 g/mol. The van der Waals surface area contributed by atoms with E-state index in [0.717, 1.165) is 11.3 Å². The molecule has 0 atom stereocenters. The number of rotatable bonds is 5. The van der Waals surface area contributed by atoms with Crippen LogP contribution in [-0.4, -0.2) is 71.4 Å². The van der Waals surface area contributed by atoms with Gasteiger partial charge in [0.2, 0.25) is 10.0 Å². The van der Waals surface area contributed by atoms with E-state index in [9.17, 15) is 16.8 Å². The van der Waals surface area contributed by atoms with Crippen LogP contribution in [0.15, 0.2) is 21.3 Å². The Morgan fingerprint density at radius 3 is 2.62 bits per heavy atom. The summed E-state index contributed by atoms with van der Waals surface area (Å²) in [6, 6.07) is 2.99. The third kappa shape index (κ3) is 4.89. The van der Waals surface area contributed by atoms with Crippen molar-refractivity contribution in [2.45, 2.75) is 22.8 Å². The topological polar surface area (TPSA) is 108 Å². The fraction of sp³-hybridized carbons (Fsp3) is 0.643. The highest BCUT2D eigenvalue weighted by Crippen LogP contribution is 2.25. The third-order valence-electron chi connectivity index (χ3n) is 4.07. The van der Waals surface area contributed by atoms with Gasteiger partial charge in [0.1, 0.15) is 4.21 Å². The van der Waals surface area contributed by atoms with Crippen molar-refractivity contribution in [3.05, 3.63) is 16.5 Å². The number of aliphatic imine (C=N–C) groups is 1. The molecule has 2 N–H and O–H groups in total. The Balaban J connectivity index is 1.88. The van der Waals surface area contributed by atoms with Crippen molar-refractivity contribution in [1.29, 1.82) is 0 Å². The van der Waals surface area contributed by atoms with Crippen LogP contribution in [0.5, 0.6) is 0 Å². The fourth-order valence-corrected chi connectivity index (χ4v) is 6.45. The molecular formula is C14H23ClN4O4S3. The normalized spacial score (nSPS) is 20.2. The lowest BCUT2D eigenvalue weighted by atomic mass is 10.2. The van der Waals surface area contributed by atoms with Gasteiger partial charge in [-0.05, 0) is 26.0 Å². The van der Waals surface area contributed by atoms with Gasteiger partial charge in [-0.2, -0.15) is 0 Å². The van der Waals surface area contributed by atoms with Crippen LogP contribution in [0.25, 0.3) is 0 Å². The predicted molar refractivity (Wildman–Crippen MR) is 105 cm³/mol. The van der Waals surface area contributed by atoms with E-state index in [2.05, 4.69) is 15.0 Å². The average Bonchev–Trinajstić information content (AvgIpc) is 2.98. The summed E-state index contributed by atoms with van der Waals surface area (Å²) >= 11 is 6.76. The predicted octanol–water partition coefficient (Wildman–Crippen LogP) is 0.764. The zero-order valence-corrected chi connectivity index (χ0v) is 18.0. The monoisotopic (exact) mass is 442 g/mol. The standard InChI is InChI=1S/C14H23ClN4O4S3/c1-14(2)10-19(8-9-25(14,20)21)13(16-3)17-6-7-18-26(22,23)12-5-4-11(15)24-12/h4-5,18H,6-10H2,1-3H3,(H,16,17). The highest BCUT2D eigenvalue weighted by molar-refractivity contribution is 7.92. The first-order valence-electron chi connectivity index (χ1n) is 7.91.